The first-order valence-electron chi connectivity index (χ1n) is 7.87. The first kappa shape index (κ1) is 15.2. The summed E-state index contributed by atoms with van der Waals surface area (Å²) in [6.07, 6.45) is 6.47. The molecule has 6 nitrogen and oxygen atoms in total. The number of carbonyl (C=O) groups is 1. The minimum atomic E-state index is 0.180. The third-order valence-electron chi connectivity index (χ3n) is 4.27. The summed E-state index contributed by atoms with van der Waals surface area (Å²) in [4.78, 5) is 18.4. The Kier molecular flexibility index (Phi) is 4.67. The second kappa shape index (κ2) is 7.05. The van der Waals surface area contributed by atoms with Gasteiger partial charge in [-0.15, -0.1) is 0 Å². The van der Waals surface area contributed by atoms with Gasteiger partial charge in [0, 0.05) is 19.5 Å². The molecule has 0 N–H and O–H groups in total. The Morgan fingerprint density at radius 2 is 2.17 bits per heavy atom. The molecule has 1 aromatic carbocycles. The molecular weight excluding hydrogens is 290 g/mol. The molecule has 0 saturated carbocycles. The smallest absolute Gasteiger partial charge is 0.222 e. The van der Waals surface area contributed by atoms with Gasteiger partial charge in [0.15, 0.2) is 0 Å². The third-order valence-corrected chi connectivity index (χ3v) is 4.27. The van der Waals surface area contributed by atoms with Gasteiger partial charge in [-0.2, -0.15) is 10.4 Å². The summed E-state index contributed by atoms with van der Waals surface area (Å²) in [6.45, 7) is 1.52. The third kappa shape index (κ3) is 3.75. The van der Waals surface area contributed by atoms with Crippen LogP contribution in [0.1, 0.15) is 36.4 Å². The van der Waals surface area contributed by atoms with Crippen LogP contribution in [0, 0.1) is 11.3 Å². The minimum Gasteiger partial charge on any atom is -0.341 e. The van der Waals surface area contributed by atoms with Crippen molar-refractivity contribution in [1.29, 1.82) is 5.26 Å². The molecule has 1 atom stereocenters. The number of benzene rings is 1. The predicted molar refractivity (Wildman–Crippen MR) is 84.4 cm³/mol. The molecule has 0 radical (unpaired) electrons. The lowest BCUT2D eigenvalue weighted by Crippen LogP contribution is -2.40. The van der Waals surface area contributed by atoms with Crippen molar-refractivity contribution in [3.05, 3.63) is 48.0 Å². The van der Waals surface area contributed by atoms with E-state index >= 15 is 0 Å². The molecule has 1 fully saturated rings. The Labute approximate surface area is 135 Å². The topological polar surface area (TPSA) is 74.8 Å². The normalized spacial score (nSPS) is 17.7. The number of piperidine rings is 1. The van der Waals surface area contributed by atoms with Crippen molar-refractivity contribution in [2.45, 2.75) is 31.7 Å². The predicted octanol–water partition coefficient (Wildman–Crippen LogP) is 1.95. The molecule has 1 aliphatic rings. The quantitative estimate of drug-likeness (QED) is 0.865. The van der Waals surface area contributed by atoms with E-state index < -0.39 is 0 Å². The number of aromatic nitrogens is 3. The first-order chi connectivity index (χ1) is 11.3. The molecule has 0 aliphatic carbocycles. The van der Waals surface area contributed by atoms with E-state index in [1.54, 1.807) is 18.5 Å². The number of rotatable bonds is 4. The standard InChI is InChI=1S/C17H19N5O/c18-10-15-5-3-14(4-6-15)7-8-17(23)21-9-1-2-16(11-21)22-13-19-12-20-22/h3-6,12-13,16H,1-2,7-9,11H2/t16-/m1/s1. The number of amides is 1. The fraction of sp³-hybridized carbons (Fsp3) is 0.412. The van der Waals surface area contributed by atoms with Gasteiger partial charge in [0.1, 0.15) is 12.7 Å². The van der Waals surface area contributed by atoms with Crippen LogP contribution in [0.15, 0.2) is 36.9 Å². The van der Waals surface area contributed by atoms with Crippen molar-refractivity contribution in [3.63, 3.8) is 0 Å². The Morgan fingerprint density at radius 1 is 1.35 bits per heavy atom. The van der Waals surface area contributed by atoms with Crippen LogP contribution in [-0.4, -0.2) is 38.7 Å². The van der Waals surface area contributed by atoms with E-state index in [2.05, 4.69) is 16.2 Å². The summed E-state index contributed by atoms with van der Waals surface area (Å²) in [7, 11) is 0. The van der Waals surface area contributed by atoms with E-state index in [1.807, 2.05) is 21.7 Å². The van der Waals surface area contributed by atoms with E-state index in [1.165, 1.54) is 6.33 Å². The Bertz CT molecular complexity index is 687. The van der Waals surface area contributed by atoms with E-state index in [4.69, 9.17) is 5.26 Å². The molecule has 23 heavy (non-hydrogen) atoms. The summed E-state index contributed by atoms with van der Waals surface area (Å²) in [5, 5.41) is 13.0. The number of carbonyl (C=O) groups excluding carboxylic acids is 1. The van der Waals surface area contributed by atoms with Gasteiger partial charge in [-0.25, -0.2) is 9.67 Å². The van der Waals surface area contributed by atoms with Gasteiger partial charge in [0.05, 0.1) is 17.7 Å². The van der Waals surface area contributed by atoms with E-state index in [-0.39, 0.29) is 11.9 Å². The van der Waals surface area contributed by atoms with Gasteiger partial charge in [-0.1, -0.05) is 12.1 Å². The zero-order valence-electron chi connectivity index (χ0n) is 12.9. The molecule has 118 valence electrons. The van der Waals surface area contributed by atoms with Gasteiger partial charge in [0.2, 0.25) is 5.91 Å². The number of hydrogen-bond donors (Lipinski definition) is 0. The molecule has 1 aliphatic heterocycles. The zero-order chi connectivity index (χ0) is 16.1. The lowest BCUT2D eigenvalue weighted by atomic mass is 10.0. The van der Waals surface area contributed by atoms with E-state index in [0.717, 1.165) is 24.9 Å². The second-order valence-corrected chi connectivity index (χ2v) is 5.82. The SMILES string of the molecule is N#Cc1ccc(CCC(=O)N2CCC[C@@H](n3cncn3)C2)cc1. The van der Waals surface area contributed by atoms with Crippen LogP contribution in [0.25, 0.3) is 0 Å². The summed E-state index contributed by atoms with van der Waals surface area (Å²) in [6, 6.07) is 9.75. The maximum absolute atomic E-state index is 12.4. The number of likely N-dealkylation sites (tertiary alicyclic amines) is 1. The average Bonchev–Trinajstić information content (AvgIpc) is 3.15. The monoisotopic (exact) mass is 309 g/mol. The highest BCUT2D eigenvalue weighted by atomic mass is 16.2. The molecule has 3 rings (SSSR count). The van der Waals surface area contributed by atoms with Crippen LogP contribution in [-0.2, 0) is 11.2 Å². The maximum atomic E-state index is 12.4. The van der Waals surface area contributed by atoms with Crippen LogP contribution in [0.2, 0.25) is 0 Å². The van der Waals surface area contributed by atoms with Crippen molar-refractivity contribution >= 4 is 5.91 Å². The highest BCUT2D eigenvalue weighted by molar-refractivity contribution is 5.76. The molecule has 6 heteroatoms. The van der Waals surface area contributed by atoms with Gasteiger partial charge < -0.3 is 4.90 Å². The fourth-order valence-electron chi connectivity index (χ4n) is 2.96. The molecule has 1 amide bonds. The summed E-state index contributed by atoms with van der Waals surface area (Å²) >= 11 is 0. The lowest BCUT2D eigenvalue weighted by Gasteiger charge is -2.32. The summed E-state index contributed by atoms with van der Waals surface area (Å²) < 4.78 is 1.85. The molecule has 0 unspecified atom stereocenters. The molecule has 0 spiro atoms. The van der Waals surface area contributed by atoms with Crippen LogP contribution in [0.5, 0.6) is 0 Å². The van der Waals surface area contributed by atoms with Gasteiger partial charge in [-0.3, -0.25) is 4.79 Å². The van der Waals surface area contributed by atoms with Crippen molar-refractivity contribution < 1.29 is 4.79 Å². The summed E-state index contributed by atoms with van der Waals surface area (Å²) in [5.41, 5.74) is 1.73. The highest BCUT2D eigenvalue weighted by Crippen LogP contribution is 2.21. The molecular formula is C17H19N5O. The lowest BCUT2D eigenvalue weighted by molar-refractivity contribution is -0.132. The van der Waals surface area contributed by atoms with Crippen molar-refractivity contribution in [2.24, 2.45) is 0 Å². The highest BCUT2D eigenvalue weighted by Gasteiger charge is 2.24. The van der Waals surface area contributed by atoms with Crippen LogP contribution in [0.4, 0.5) is 0 Å². The number of nitriles is 1. The zero-order valence-corrected chi connectivity index (χ0v) is 12.9. The Hall–Kier alpha value is -2.68. The number of nitrogens with zero attached hydrogens (tertiary/aromatic N) is 5. The average molecular weight is 309 g/mol. The summed E-state index contributed by atoms with van der Waals surface area (Å²) in [5.74, 6) is 0.180. The fourth-order valence-corrected chi connectivity index (χ4v) is 2.96. The Balaban J connectivity index is 1.54. The Morgan fingerprint density at radius 3 is 2.87 bits per heavy atom. The molecule has 1 saturated heterocycles. The molecule has 2 heterocycles. The van der Waals surface area contributed by atoms with Crippen LogP contribution < -0.4 is 0 Å². The van der Waals surface area contributed by atoms with Crippen LogP contribution >= 0.6 is 0 Å². The number of hydrogen-bond acceptors (Lipinski definition) is 4. The molecule has 2 aromatic rings. The molecule has 0 bridgehead atoms. The second-order valence-electron chi connectivity index (χ2n) is 5.82. The van der Waals surface area contributed by atoms with E-state index in [0.29, 0.717) is 24.9 Å². The van der Waals surface area contributed by atoms with E-state index in [9.17, 15) is 4.79 Å². The van der Waals surface area contributed by atoms with Crippen molar-refractivity contribution in [1.82, 2.24) is 19.7 Å². The van der Waals surface area contributed by atoms with Gasteiger partial charge in [0.25, 0.3) is 0 Å². The van der Waals surface area contributed by atoms with Crippen molar-refractivity contribution in [3.8, 4) is 6.07 Å². The largest absolute Gasteiger partial charge is 0.341 e. The minimum absolute atomic E-state index is 0.180. The first-order valence-corrected chi connectivity index (χ1v) is 7.87. The van der Waals surface area contributed by atoms with Crippen molar-refractivity contribution in [2.75, 3.05) is 13.1 Å². The number of aryl methyl sites for hydroxylation is 1. The van der Waals surface area contributed by atoms with Gasteiger partial charge in [-0.05, 0) is 37.0 Å². The molecule has 1 aromatic heterocycles. The maximum Gasteiger partial charge on any atom is 0.222 e. The van der Waals surface area contributed by atoms with Gasteiger partial charge >= 0.3 is 0 Å². The van der Waals surface area contributed by atoms with Crippen LogP contribution in [0.3, 0.4) is 0 Å².